The van der Waals surface area contributed by atoms with Crippen molar-refractivity contribution in [3.63, 3.8) is 0 Å². The Bertz CT molecular complexity index is 558. The summed E-state index contributed by atoms with van der Waals surface area (Å²) in [5.41, 5.74) is 2.51. The maximum atomic E-state index is 5.43. The molecule has 1 unspecified atom stereocenters. The van der Waals surface area contributed by atoms with E-state index in [2.05, 4.69) is 27.0 Å². The predicted octanol–water partition coefficient (Wildman–Crippen LogP) is 2.41. The predicted molar refractivity (Wildman–Crippen MR) is 79.2 cm³/mol. The zero-order chi connectivity index (χ0) is 13.8. The molecule has 1 N–H and O–H groups in total. The van der Waals surface area contributed by atoms with Crippen molar-refractivity contribution >= 4 is 0 Å². The largest absolute Gasteiger partial charge is 0.496 e. The highest BCUT2D eigenvalue weighted by molar-refractivity contribution is 5.33. The highest BCUT2D eigenvalue weighted by Crippen LogP contribution is 2.25. The van der Waals surface area contributed by atoms with E-state index in [0.29, 0.717) is 5.92 Å². The number of hydrogen-bond acceptors (Lipinski definition) is 3. The van der Waals surface area contributed by atoms with Gasteiger partial charge in [-0.2, -0.15) is 0 Å². The number of piperidine rings is 1. The molecule has 3 rings (SSSR count). The van der Waals surface area contributed by atoms with Gasteiger partial charge in [-0.3, -0.25) is 0 Å². The lowest BCUT2D eigenvalue weighted by atomic mass is 9.96. The van der Waals surface area contributed by atoms with E-state index < -0.39 is 0 Å². The summed E-state index contributed by atoms with van der Waals surface area (Å²) in [4.78, 5) is 4.34. The summed E-state index contributed by atoms with van der Waals surface area (Å²) in [5.74, 6) is 1.51. The zero-order valence-electron chi connectivity index (χ0n) is 11.9. The number of imidazole rings is 1. The SMILES string of the molecule is COc1ccccc1Cn1cncc1C1CCCNC1. The van der Waals surface area contributed by atoms with Crippen molar-refractivity contribution in [3.05, 3.63) is 48.0 Å². The molecule has 1 aliphatic rings. The number of para-hydroxylation sites is 1. The molecule has 4 heteroatoms. The van der Waals surface area contributed by atoms with E-state index in [1.54, 1.807) is 7.11 Å². The van der Waals surface area contributed by atoms with Gasteiger partial charge in [0.15, 0.2) is 0 Å². The van der Waals surface area contributed by atoms with E-state index in [1.165, 1.54) is 24.1 Å². The van der Waals surface area contributed by atoms with E-state index in [-0.39, 0.29) is 0 Å². The number of nitrogens with zero attached hydrogens (tertiary/aromatic N) is 2. The Hall–Kier alpha value is -1.81. The Morgan fingerprint density at radius 3 is 3.10 bits per heavy atom. The Morgan fingerprint density at radius 1 is 1.40 bits per heavy atom. The first-order chi connectivity index (χ1) is 9.88. The van der Waals surface area contributed by atoms with E-state index in [9.17, 15) is 0 Å². The molecule has 4 nitrogen and oxygen atoms in total. The summed E-state index contributed by atoms with van der Waals surface area (Å²) in [5, 5.41) is 3.47. The molecule has 1 aliphatic heterocycles. The maximum absolute atomic E-state index is 5.43. The lowest BCUT2D eigenvalue weighted by Crippen LogP contribution is -2.29. The third-order valence-corrected chi connectivity index (χ3v) is 3.99. The van der Waals surface area contributed by atoms with Crippen molar-refractivity contribution in [2.75, 3.05) is 20.2 Å². The van der Waals surface area contributed by atoms with Crippen LogP contribution < -0.4 is 10.1 Å². The molecule has 20 heavy (non-hydrogen) atoms. The van der Waals surface area contributed by atoms with Crippen LogP contribution >= 0.6 is 0 Å². The fourth-order valence-electron chi connectivity index (χ4n) is 2.92. The molecule has 2 aromatic rings. The molecule has 1 aromatic heterocycles. The molecule has 1 atom stereocenters. The first-order valence-corrected chi connectivity index (χ1v) is 7.21. The van der Waals surface area contributed by atoms with Crippen molar-refractivity contribution in [1.29, 1.82) is 0 Å². The van der Waals surface area contributed by atoms with Gasteiger partial charge in [0.25, 0.3) is 0 Å². The van der Waals surface area contributed by atoms with Crippen LogP contribution in [0.2, 0.25) is 0 Å². The minimum absolute atomic E-state index is 0.570. The first kappa shape index (κ1) is 13.2. The molecule has 106 valence electrons. The minimum Gasteiger partial charge on any atom is -0.496 e. The lowest BCUT2D eigenvalue weighted by Gasteiger charge is -2.24. The third-order valence-electron chi connectivity index (χ3n) is 3.99. The molecule has 2 heterocycles. The normalized spacial score (nSPS) is 18.9. The van der Waals surface area contributed by atoms with Gasteiger partial charge in [-0.25, -0.2) is 4.98 Å². The molecular formula is C16H21N3O. The van der Waals surface area contributed by atoms with Crippen molar-refractivity contribution in [2.45, 2.75) is 25.3 Å². The summed E-state index contributed by atoms with van der Waals surface area (Å²) in [6.07, 6.45) is 6.42. The zero-order valence-corrected chi connectivity index (χ0v) is 11.9. The molecule has 0 bridgehead atoms. The van der Waals surface area contributed by atoms with E-state index >= 15 is 0 Å². The average Bonchev–Trinajstić information content (AvgIpc) is 2.97. The Balaban J connectivity index is 1.82. The van der Waals surface area contributed by atoms with Crippen LogP contribution in [0.3, 0.4) is 0 Å². The number of hydrogen-bond donors (Lipinski definition) is 1. The van der Waals surface area contributed by atoms with Gasteiger partial charge in [0.1, 0.15) is 5.75 Å². The van der Waals surface area contributed by atoms with Crippen LogP contribution in [0.4, 0.5) is 0 Å². The van der Waals surface area contributed by atoms with Crippen LogP contribution in [0.5, 0.6) is 5.75 Å². The van der Waals surface area contributed by atoms with Crippen LogP contribution in [0.15, 0.2) is 36.8 Å². The van der Waals surface area contributed by atoms with Gasteiger partial charge in [-0.15, -0.1) is 0 Å². The minimum atomic E-state index is 0.570. The number of ether oxygens (including phenoxy) is 1. The lowest BCUT2D eigenvalue weighted by molar-refractivity contribution is 0.406. The number of methoxy groups -OCH3 is 1. The molecular weight excluding hydrogens is 250 g/mol. The molecule has 0 amide bonds. The number of benzene rings is 1. The monoisotopic (exact) mass is 271 g/mol. The standard InChI is InChI=1S/C16H21N3O/c1-20-16-7-3-2-5-14(16)11-19-12-18-10-15(19)13-6-4-8-17-9-13/h2-3,5,7,10,12-13,17H,4,6,8-9,11H2,1H3. The molecule has 1 saturated heterocycles. The first-order valence-electron chi connectivity index (χ1n) is 7.21. The van der Waals surface area contributed by atoms with Crippen molar-refractivity contribution in [1.82, 2.24) is 14.9 Å². The second-order valence-corrected chi connectivity index (χ2v) is 5.30. The highest BCUT2D eigenvalue weighted by Gasteiger charge is 2.19. The molecule has 0 saturated carbocycles. The summed E-state index contributed by atoms with van der Waals surface area (Å²) in [7, 11) is 1.72. The van der Waals surface area contributed by atoms with Gasteiger partial charge in [0, 0.05) is 29.9 Å². The maximum Gasteiger partial charge on any atom is 0.123 e. The van der Waals surface area contributed by atoms with Gasteiger partial charge < -0.3 is 14.6 Å². The highest BCUT2D eigenvalue weighted by atomic mass is 16.5. The van der Waals surface area contributed by atoms with E-state index in [4.69, 9.17) is 4.74 Å². The van der Waals surface area contributed by atoms with Crippen LogP contribution in [0.1, 0.15) is 30.0 Å². The fraction of sp³-hybridized carbons (Fsp3) is 0.438. The van der Waals surface area contributed by atoms with Crippen LogP contribution in [0, 0.1) is 0 Å². The smallest absolute Gasteiger partial charge is 0.123 e. The quantitative estimate of drug-likeness (QED) is 0.928. The molecule has 0 aliphatic carbocycles. The van der Waals surface area contributed by atoms with Crippen molar-refractivity contribution < 1.29 is 4.74 Å². The van der Waals surface area contributed by atoms with E-state index in [0.717, 1.165) is 25.4 Å². The van der Waals surface area contributed by atoms with Crippen molar-refractivity contribution in [3.8, 4) is 5.75 Å². The Morgan fingerprint density at radius 2 is 2.30 bits per heavy atom. The van der Waals surface area contributed by atoms with Crippen LogP contribution in [-0.4, -0.2) is 29.8 Å². The summed E-state index contributed by atoms with van der Waals surface area (Å²) < 4.78 is 7.68. The van der Waals surface area contributed by atoms with Gasteiger partial charge in [-0.1, -0.05) is 18.2 Å². The Kier molecular flexibility index (Phi) is 4.02. The fourth-order valence-corrected chi connectivity index (χ4v) is 2.92. The summed E-state index contributed by atoms with van der Waals surface area (Å²) in [6, 6.07) is 8.18. The second kappa shape index (κ2) is 6.09. The van der Waals surface area contributed by atoms with E-state index in [1.807, 2.05) is 24.7 Å². The van der Waals surface area contributed by atoms with Gasteiger partial charge in [0.2, 0.25) is 0 Å². The summed E-state index contributed by atoms with van der Waals surface area (Å²) >= 11 is 0. The van der Waals surface area contributed by atoms with Crippen LogP contribution in [0.25, 0.3) is 0 Å². The van der Waals surface area contributed by atoms with Crippen molar-refractivity contribution in [2.24, 2.45) is 0 Å². The summed E-state index contributed by atoms with van der Waals surface area (Å²) in [6.45, 7) is 3.00. The molecule has 0 spiro atoms. The average molecular weight is 271 g/mol. The molecule has 0 radical (unpaired) electrons. The second-order valence-electron chi connectivity index (χ2n) is 5.30. The van der Waals surface area contributed by atoms with Crippen LogP contribution in [-0.2, 0) is 6.54 Å². The number of rotatable bonds is 4. The van der Waals surface area contributed by atoms with Gasteiger partial charge in [-0.05, 0) is 25.5 Å². The van der Waals surface area contributed by atoms with Gasteiger partial charge >= 0.3 is 0 Å². The number of aromatic nitrogens is 2. The molecule has 1 aromatic carbocycles. The molecule has 1 fully saturated rings. The van der Waals surface area contributed by atoms with Gasteiger partial charge in [0.05, 0.1) is 20.0 Å². The number of nitrogens with one attached hydrogen (secondary N) is 1. The third kappa shape index (κ3) is 2.70. The topological polar surface area (TPSA) is 39.1 Å². The Labute approximate surface area is 119 Å².